The highest BCUT2D eigenvalue weighted by atomic mass is 16.5. The van der Waals surface area contributed by atoms with E-state index in [1.165, 1.54) is 6.92 Å². The monoisotopic (exact) mass is 359 g/mol. The van der Waals surface area contributed by atoms with Crippen molar-refractivity contribution in [1.82, 2.24) is 14.9 Å². The quantitative estimate of drug-likeness (QED) is 0.797. The average Bonchev–Trinajstić information content (AvgIpc) is 2.60. The number of hydrogen-bond donors (Lipinski definition) is 1. The van der Waals surface area contributed by atoms with Crippen LogP contribution in [-0.2, 0) is 16.1 Å². The molecule has 0 saturated carbocycles. The Kier molecular flexibility index (Phi) is 6.13. The van der Waals surface area contributed by atoms with Gasteiger partial charge in [0.1, 0.15) is 5.69 Å². The van der Waals surface area contributed by atoms with Gasteiger partial charge in [-0.15, -0.1) is 0 Å². The Morgan fingerprint density at radius 3 is 2.58 bits per heavy atom. The maximum atomic E-state index is 12.3. The second kappa shape index (κ2) is 8.12. The highest BCUT2D eigenvalue weighted by Crippen LogP contribution is 2.15. The van der Waals surface area contributed by atoms with Gasteiger partial charge >= 0.3 is 5.97 Å². The summed E-state index contributed by atoms with van der Waals surface area (Å²) in [5.41, 5.74) is 1.70. The maximum absolute atomic E-state index is 12.3. The molecule has 1 atom stereocenters. The number of rotatable bonds is 6. The van der Waals surface area contributed by atoms with Gasteiger partial charge in [0.2, 0.25) is 0 Å². The molecule has 0 radical (unpaired) electrons. The fourth-order valence-corrected chi connectivity index (χ4v) is 2.55. The van der Waals surface area contributed by atoms with E-state index in [9.17, 15) is 14.4 Å². The van der Waals surface area contributed by atoms with Gasteiger partial charge in [0.15, 0.2) is 6.10 Å². The average molecular weight is 359 g/mol. The first-order chi connectivity index (χ1) is 12.2. The van der Waals surface area contributed by atoms with Crippen LogP contribution in [0.25, 0.3) is 11.0 Å². The van der Waals surface area contributed by atoms with Crippen molar-refractivity contribution < 1.29 is 14.3 Å². The number of amides is 1. The molecule has 2 aromatic rings. The third-order valence-electron chi connectivity index (χ3n) is 4.00. The van der Waals surface area contributed by atoms with E-state index in [4.69, 9.17) is 4.74 Å². The Morgan fingerprint density at radius 1 is 1.27 bits per heavy atom. The van der Waals surface area contributed by atoms with Crippen LogP contribution in [0, 0.1) is 12.8 Å². The molecule has 0 aliphatic rings. The van der Waals surface area contributed by atoms with Gasteiger partial charge in [0.05, 0.1) is 16.6 Å². The van der Waals surface area contributed by atoms with Crippen molar-refractivity contribution in [3.8, 4) is 0 Å². The van der Waals surface area contributed by atoms with Crippen molar-refractivity contribution in [1.29, 1.82) is 0 Å². The molecule has 7 nitrogen and oxygen atoms in total. The Hall–Kier alpha value is -2.70. The van der Waals surface area contributed by atoms with Crippen molar-refractivity contribution in [2.24, 2.45) is 5.92 Å². The number of benzene rings is 1. The fourth-order valence-electron chi connectivity index (χ4n) is 2.55. The normalized spacial score (nSPS) is 12.2. The second-order valence-corrected chi connectivity index (χ2v) is 6.64. The number of ether oxygens (including phenoxy) is 1. The van der Waals surface area contributed by atoms with E-state index in [0.29, 0.717) is 35.7 Å². The van der Waals surface area contributed by atoms with Crippen LogP contribution in [0.3, 0.4) is 0 Å². The first-order valence-corrected chi connectivity index (χ1v) is 8.74. The van der Waals surface area contributed by atoms with Gasteiger partial charge in [0.25, 0.3) is 11.5 Å². The van der Waals surface area contributed by atoms with Crippen LogP contribution >= 0.6 is 0 Å². The molecule has 0 bridgehead atoms. The largest absolute Gasteiger partial charge is 0.449 e. The minimum atomic E-state index is -0.892. The zero-order valence-electron chi connectivity index (χ0n) is 15.8. The van der Waals surface area contributed by atoms with E-state index >= 15 is 0 Å². The molecule has 0 unspecified atom stereocenters. The molecule has 1 aromatic heterocycles. The molecule has 0 aliphatic heterocycles. The topological polar surface area (TPSA) is 90.3 Å². The van der Waals surface area contributed by atoms with Crippen molar-refractivity contribution in [3.05, 3.63) is 39.8 Å². The van der Waals surface area contributed by atoms with Crippen LogP contribution in [0.1, 0.15) is 43.7 Å². The van der Waals surface area contributed by atoms with E-state index in [0.717, 1.165) is 0 Å². The lowest BCUT2D eigenvalue weighted by atomic mass is 10.2. The number of nitrogens with one attached hydrogen (secondary N) is 1. The van der Waals surface area contributed by atoms with Crippen molar-refractivity contribution in [2.75, 3.05) is 6.54 Å². The molecule has 7 heteroatoms. The summed E-state index contributed by atoms with van der Waals surface area (Å²) >= 11 is 0. The molecule has 1 amide bonds. The molecule has 0 aliphatic carbocycles. The van der Waals surface area contributed by atoms with Crippen LogP contribution in [-0.4, -0.2) is 34.1 Å². The second-order valence-electron chi connectivity index (χ2n) is 6.64. The minimum absolute atomic E-state index is 0.147. The van der Waals surface area contributed by atoms with Crippen LogP contribution in [0.5, 0.6) is 0 Å². The first-order valence-electron chi connectivity index (χ1n) is 8.74. The van der Waals surface area contributed by atoms with E-state index in [1.807, 2.05) is 20.8 Å². The lowest BCUT2D eigenvalue weighted by Crippen LogP contribution is -2.37. The van der Waals surface area contributed by atoms with E-state index < -0.39 is 12.1 Å². The van der Waals surface area contributed by atoms with Crippen molar-refractivity contribution >= 4 is 22.9 Å². The van der Waals surface area contributed by atoms with Gasteiger partial charge in [-0.3, -0.25) is 9.59 Å². The summed E-state index contributed by atoms with van der Waals surface area (Å²) in [5, 5.41) is 2.73. The number of aryl methyl sites for hydroxylation is 2. The molecular formula is C19H25N3O4. The number of carbonyl (C=O) groups is 2. The zero-order valence-corrected chi connectivity index (χ0v) is 15.8. The van der Waals surface area contributed by atoms with Crippen molar-refractivity contribution in [2.45, 2.75) is 47.3 Å². The Morgan fingerprint density at radius 2 is 1.96 bits per heavy atom. The molecule has 1 N–H and O–H groups in total. The lowest BCUT2D eigenvalue weighted by Gasteiger charge is -2.15. The lowest BCUT2D eigenvalue weighted by molar-refractivity contribution is -0.129. The first kappa shape index (κ1) is 19.6. The predicted molar refractivity (Wildman–Crippen MR) is 99.1 cm³/mol. The molecule has 1 aromatic carbocycles. The van der Waals surface area contributed by atoms with E-state index in [-0.39, 0.29) is 17.0 Å². The Bertz CT molecular complexity index is 886. The molecule has 26 heavy (non-hydrogen) atoms. The summed E-state index contributed by atoms with van der Waals surface area (Å²) in [7, 11) is 0. The highest BCUT2D eigenvalue weighted by Gasteiger charge is 2.19. The molecule has 0 fully saturated rings. The molecule has 2 rings (SSSR count). The van der Waals surface area contributed by atoms with E-state index in [1.54, 1.807) is 29.7 Å². The maximum Gasteiger partial charge on any atom is 0.338 e. The van der Waals surface area contributed by atoms with Crippen molar-refractivity contribution in [3.63, 3.8) is 0 Å². The number of aromatic nitrogens is 2. The Labute approximate surface area is 152 Å². The molecule has 0 saturated heterocycles. The van der Waals surface area contributed by atoms with Gasteiger partial charge in [-0.25, -0.2) is 9.78 Å². The van der Waals surface area contributed by atoms with Gasteiger partial charge in [-0.1, -0.05) is 13.8 Å². The van der Waals surface area contributed by atoms with Gasteiger partial charge < -0.3 is 14.6 Å². The van der Waals surface area contributed by atoms with Crippen LogP contribution in [0.2, 0.25) is 0 Å². The smallest absolute Gasteiger partial charge is 0.338 e. The highest BCUT2D eigenvalue weighted by molar-refractivity contribution is 5.95. The standard InChI is InChI=1S/C19H25N3O4/c1-6-22-16-8-7-14(9-15(16)21-12(4)18(22)24)19(25)26-13(5)17(23)20-10-11(2)3/h7-9,11,13H,6,10H2,1-5H3,(H,20,23)/t13-/m1/s1. The minimum Gasteiger partial charge on any atom is -0.449 e. The summed E-state index contributed by atoms with van der Waals surface area (Å²) in [5.74, 6) is -0.623. The van der Waals surface area contributed by atoms with Gasteiger partial charge in [-0.2, -0.15) is 0 Å². The number of fused-ring (bicyclic) bond motifs is 1. The van der Waals surface area contributed by atoms with E-state index in [2.05, 4.69) is 10.3 Å². The Balaban J connectivity index is 2.22. The summed E-state index contributed by atoms with van der Waals surface area (Å²) in [6, 6.07) is 4.83. The summed E-state index contributed by atoms with van der Waals surface area (Å²) < 4.78 is 6.85. The van der Waals surface area contributed by atoms with Gasteiger partial charge in [-0.05, 0) is 44.9 Å². The molecule has 0 spiro atoms. The molecule has 1 heterocycles. The molecule has 140 valence electrons. The third kappa shape index (κ3) is 4.28. The summed E-state index contributed by atoms with van der Waals surface area (Å²) in [4.78, 5) is 40.7. The third-order valence-corrected chi connectivity index (χ3v) is 4.00. The zero-order chi connectivity index (χ0) is 19.4. The fraction of sp³-hybridized carbons (Fsp3) is 0.474. The summed E-state index contributed by atoms with van der Waals surface area (Å²) in [6.45, 7) is 10.0. The van der Waals surface area contributed by atoms with Crippen LogP contribution in [0.4, 0.5) is 0 Å². The SMILES string of the molecule is CCn1c(=O)c(C)nc2cc(C(=O)O[C@H](C)C(=O)NCC(C)C)ccc21. The van der Waals surface area contributed by atoms with Crippen LogP contribution < -0.4 is 10.9 Å². The van der Waals surface area contributed by atoms with Crippen LogP contribution in [0.15, 0.2) is 23.0 Å². The number of esters is 1. The van der Waals surface area contributed by atoms with Gasteiger partial charge in [0, 0.05) is 13.1 Å². The predicted octanol–water partition coefficient (Wildman–Crippen LogP) is 2.04. The summed E-state index contributed by atoms with van der Waals surface area (Å²) in [6.07, 6.45) is -0.892. The number of carbonyl (C=O) groups excluding carboxylic acids is 2. The molecular weight excluding hydrogens is 334 g/mol. The number of nitrogens with zero attached hydrogens (tertiary/aromatic N) is 2. The number of hydrogen-bond acceptors (Lipinski definition) is 5.